The van der Waals surface area contributed by atoms with Crippen LogP contribution < -0.4 is 9.64 Å². The molecule has 0 saturated heterocycles. The molecule has 2 saturated carbocycles. The van der Waals surface area contributed by atoms with E-state index < -0.39 is 0 Å². The van der Waals surface area contributed by atoms with Crippen molar-refractivity contribution in [1.29, 1.82) is 0 Å². The Morgan fingerprint density at radius 2 is 1.92 bits per heavy atom. The van der Waals surface area contributed by atoms with Gasteiger partial charge < -0.3 is 4.74 Å². The zero-order valence-electron chi connectivity index (χ0n) is 15.4. The van der Waals surface area contributed by atoms with E-state index in [0.717, 1.165) is 0 Å². The highest BCUT2D eigenvalue weighted by atomic mass is 16.5. The number of ether oxygens (including phenoxy) is 1. The summed E-state index contributed by atoms with van der Waals surface area (Å²) in [5.41, 5.74) is 3.61. The standard InChI is InChI=1S/C22H25NO3/c1-14-18-10-11-19(21(18)15-6-3-4-7-15)20(14)22(25)23(13-24)16-8-5-9-17(12-16)26-2/h5,8-14,18-20H,3-4,6-7H2,1-2H3/t14-,18+,19+,20-/m1/s1. The van der Waals surface area contributed by atoms with E-state index >= 15 is 0 Å². The van der Waals surface area contributed by atoms with Crippen molar-refractivity contribution >= 4 is 18.0 Å². The number of rotatable bonds is 4. The predicted molar refractivity (Wildman–Crippen MR) is 101 cm³/mol. The molecule has 4 atom stereocenters. The zero-order chi connectivity index (χ0) is 18.3. The van der Waals surface area contributed by atoms with Crippen molar-refractivity contribution < 1.29 is 14.3 Å². The van der Waals surface area contributed by atoms with E-state index in [1.54, 1.807) is 30.9 Å². The highest BCUT2D eigenvalue weighted by Gasteiger charge is 2.51. The Kier molecular flexibility index (Phi) is 4.43. The van der Waals surface area contributed by atoms with Gasteiger partial charge in [-0.25, -0.2) is 0 Å². The molecule has 4 rings (SSSR count). The molecule has 26 heavy (non-hydrogen) atoms. The Bertz CT molecular complexity index is 786. The van der Waals surface area contributed by atoms with Crippen LogP contribution in [0.1, 0.15) is 32.6 Å². The molecule has 4 heteroatoms. The molecule has 1 aromatic carbocycles. The maximum atomic E-state index is 13.3. The molecule has 0 heterocycles. The predicted octanol–water partition coefficient (Wildman–Crippen LogP) is 4.12. The highest BCUT2D eigenvalue weighted by molar-refractivity contribution is 6.08. The largest absolute Gasteiger partial charge is 0.497 e. The second kappa shape index (κ2) is 6.75. The van der Waals surface area contributed by atoms with E-state index in [-0.39, 0.29) is 23.7 Å². The van der Waals surface area contributed by atoms with Gasteiger partial charge in [0.15, 0.2) is 0 Å². The average Bonchev–Trinajstić information content (AvgIpc) is 3.37. The second-order valence-corrected chi connectivity index (χ2v) is 7.60. The van der Waals surface area contributed by atoms with Crippen LogP contribution in [0.15, 0.2) is 47.6 Å². The smallest absolute Gasteiger partial charge is 0.237 e. The molecule has 1 aromatic rings. The first kappa shape index (κ1) is 17.1. The van der Waals surface area contributed by atoms with Crippen LogP contribution in [-0.4, -0.2) is 19.4 Å². The van der Waals surface area contributed by atoms with Crippen LogP contribution in [0.5, 0.6) is 5.75 Å². The topological polar surface area (TPSA) is 46.6 Å². The average molecular weight is 351 g/mol. The third-order valence-electron chi connectivity index (χ3n) is 6.34. The number of allylic oxidation sites excluding steroid dienone is 4. The number of nitrogens with zero attached hydrogens (tertiary/aromatic N) is 1. The van der Waals surface area contributed by atoms with Gasteiger partial charge in [0.25, 0.3) is 0 Å². The highest BCUT2D eigenvalue weighted by Crippen LogP contribution is 2.55. The fourth-order valence-corrected chi connectivity index (χ4v) is 5.09. The first-order chi connectivity index (χ1) is 12.7. The number of imide groups is 1. The Morgan fingerprint density at radius 1 is 1.19 bits per heavy atom. The van der Waals surface area contributed by atoms with Gasteiger partial charge in [-0.05, 0) is 43.7 Å². The summed E-state index contributed by atoms with van der Waals surface area (Å²) in [7, 11) is 1.58. The van der Waals surface area contributed by atoms with Crippen LogP contribution in [0, 0.1) is 23.7 Å². The number of benzene rings is 1. The first-order valence-corrected chi connectivity index (χ1v) is 9.48. The molecular formula is C22H25NO3. The molecule has 2 fully saturated rings. The zero-order valence-corrected chi connectivity index (χ0v) is 15.4. The summed E-state index contributed by atoms with van der Waals surface area (Å²) in [6, 6.07) is 7.12. The van der Waals surface area contributed by atoms with Crippen LogP contribution in [0.25, 0.3) is 0 Å². The van der Waals surface area contributed by atoms with Crippen LogP contribution in [0.3, 0.4) is 0 Å². The van der Waals surface area contributed by atoms with Crippen LogP contribution >= 0.6 is 0 Å². The van der Waals surface area contributed by atoms with Crippen molar-refractivity contribution in [2.45, 2.75) is 32.6 Å². The number of anilines is 1. The lowest BCUT2D eigenvalue weighted by atomic mass is 9.83. The number of carbonyl (C=O) groups is 2. The van der Waals surface area contributed by atoms with Gasteiger partial charge in [-0.3, -0.25) is 14.5 Å². The van der Waals surface area contributed by atoms with Crippen molar-refractivity contribution in [1.82, 2.24) is 0 Å². The summed E-state index contributed by atoms with van der Waals surface area (Å²) in [4.78, 5) is 26.4. The Morgan fingerprint density at radius 3 is 2.62 bits per heavy atom. The molecule has 2 bridgehead atoms. The molecule has 0 unspecified atom stereocenters. The van der Waals surface area contributed by atoms with Gasteiger partial charge in [-0.2, -0.15) is 0 Å². The summed E-state index contributed by atoms with van der Waals surface area (Å²) < 4.78 is 5.24. The molecule has 0 N–H and O–H groups in total. The lowest BCUT2D eigenvalue weighted by molar-refractivity contribution is -0.126. The Labute approximate surface area is 154 Å². The third kappa shape index (κ3) is 2.59. The summed E-state index contributed by atoms with van der Waals surface area (Å²) in [5, 5.41) is 0. The number of methoxy groups -OCH3 is 1. The lowest BCUT2D eigenvalue weighted by Crippen LogP contribution is -2.39. The minimum absolute atomic E-state index is 0.103. The van der Waals surface area contributed by atoms with E-state index in [0.29, 0.717) is 23.8 Å². The molecule has 0 aromatic heterocycles. The molecule has 136 valence electrons. The minimum Gasteiger partial charge on any atom is -0.497 e. The van der Waals surface area contributed by atoms with E-state index in [9.17, 15) is 9.59 Å². The maximum absolute atomic E-state index is 13.3. The summed E-state index contributed by atoms with van der Waals surface area (Å²) in [5.74, 6) is 1.12. The molecule has 3 aliphatic carbocycles. The molecule has 2 amide bonds. The van der Waals surface area contributed by atoms with Crippen LogP contribution in [0.2, 0.25) is 0 Å². The van der Waals surface area contributed by atoms with E-state index in [2.05, 4.69) is 19.1 Å². The number of carbonyl (C=O) groups excluding carboxylic acids is 2. The van der Waals surface area contributed by atoms with E-state index in [1.165, 1.54) is 36.2 Å². The minimum atomic E-state index is -0.162. The second-order valence-electron chi connectivity index (χ2n) is 7.60. The van der Waals surface area contributed by atoms with Gasteiger partial charge >= 0.3 is 0 Å². The van der Waals surface area contributed by atoms with Gasteiger partial charge in [0.2, 0.25) is 12.3 Å². The third-order valence-corrected chi connectivity index (χ3v) is 6.34. The SMILES string of the molecule is COc1cccc(N(C=O)C(=O)[C@@H]2[C@H](C)[C@@H]3C=C[C@@H]2C3=C2CCCC2)c1. The molecule has 4 nitrogen and oxygen atoms in total. The van der Waals surface area contributed by atoms with Crippen LogP contribution in [0.4, 0.5) is 5.69 Å². The summed E-state index contributed by atoms with van der Waals surface area (Å²) >= 11 is 0. The van der Waals surface area contributed by atoms with Gasteiger partial charge in [-0.1, -0.05) is 36.3 Å². The summed E-state index contributed by atoms with van der Waals surface area (Å²) in [6.07, 6.45) is 9.97. The first-order valence-electron chi connectivity index (χ1n) is 9.48. The maximum Gasteiger partial charge on any atom is 0.237 e. The van der Waals surface area contributed by atoms with E-state index in [4.69, 9.17) is 4.74 Å². The molecular weight excluding hydrogens is 326 g/mol. The normalized spacial score (nSPS) is 29.3. The van der Waals surface area contributed by atoms with Crippen molar-refractivity contribution in [3.05, 3.63) is 47.6 Å². The fourth-order valence-electron chi connectivity index (χ4n) is 5.09. The number of hydrogen-bond acceptors (Lipinski definition) is 3. The quantitative estimate of drug-likeness (QED) is 0.605. The lowest BCUT2D eigenvalue weighted by Gasteiger charge is -2.27. The number of hydrogen-bond donors (Lipinski definition) is 0. The Hall–Kier alpha value is -2.36. The summed E-state index contributed by atoms with van der Waals surface area (Å²) in [6.45, 7) is 2.15. The van der Waals surface area contributed by atoms with Crippen LogP contribution in [-0.2, 0) is 9.59 Å². The van der Waals surface area contributed by atoms with Crippen molar-refractivity contribution in [3.63, 3.8) is 0 Å². The Balaban J connectivity index is 1.66. The molecule has 0 radical (unpaired) electrons. The monoisotopic (exact) mass is 351 g/mol. The molecule has 3 aliphatic rings. The van der Waals surface area contributed by atoms with Gasteiger partial charge in [0.1, 0.15) is 5.75 Å². The van der Waals surface area contributed by atoms with Crippen molar-refractivity contribution in [2.24, 2.45) is 23.7 Å². The number of amides is 2. The van der Waals surface area contributed by atoms with E-state index in [1.807, 2.05) is 6.07 Å². The number of fused-ring (bicyclic) bond motifs is 2. The van der Waals surface area contributed by atoms with Gasteiger partial charge in [-0.15, -0.1) is 0 Å². The molecule has 0 spiro atoms. The fraction of sp³-hybridized carbons (Fsp3) is 0.455. The van der Waals surface area contributed by atoms with Crippen molar-refractivity contribution in [2.75, 3.05) is 12.0 Å². The van der Waals surface area contributed by atoms with Crippen molar-refractivity contribution in [3.8, 4) is 5.75 Å². The van der Waals surface area contributed by atoms with Gasteiger partial charge in [0.05, 0.1) is 18.7 Å². The molecule has 0 aliphatic heterocycles. The van der Waals surface area contributed by atoms with Gasteiger partial charge in [0, 0.05) is 17.9 Å².